The van der Waals surface area contributed by atoms with Crippen molar-refractivity contribution in [2.24, 2.45) is 0 Å². The average Bonchev–Trinajstić information content (AvgIpc) is 2.81. The topological polar surface area (TPSA) is 0 Å². The van der Waals surface area contributed by atoms with Crippen LogP contribution in [0.5, 0.6) is 0 Å². The van der Waals surface area contributed by atoms with E-state index in [2.05, 4.69) is 13.0 Å². The number of hydrogen-bond donors (Lipinski definition) is 0. The van der Waals surface area contributed by atoms with Crippen molar-refractivity contribution < 1.29 is 8.78 Å². The van der Waals surface area contributed by atoms with Crippen molar-refractivity contribution >= 4 is 0 Å². The molecule has 0 fully saturated rings. The Balaban J connectivity index is 1.93. The Labute approximate surface area is 118 Å². The summed E-state index contributed by atoms with van der Waals surface area (Å²) in [5, 5.41) is 0. The van der Waals surface area contributed by atoms with Gasteiger partial charge >= 0.3 is 0 Å². The van der Waals surface area contributed by atoms with Gasteiger partial charge in [0.25, 0.3) is 0 Å². The molecule has 0 bridgehead atoms. The SMILES string of the molecule is CCCCCc1ccc2c(c1)Cc1ccc(F)c(F)c1-2. The number of hydrogen-bond acceptors (Lipinski definition) is 0. The number of aryl methyl sites for hydroxylation is 1. The Morgan fingerprint density at radius 3 is 2.65 bits per heavy atom. The summed E-state index contributed by atoms with van der Waals surface area (Å²) in [4.78, 5) is 0. The van der Waals surface area contributed by atoms with Gasteiger partial charge in [-0.1, -0.05) is 44.0 Å². The summed E-state index contributed by atoms with van der Waals surface area (Å²) in [6, 6.07) is 9.08. The maximum absolute atomic E-state index is 14.0. The molecule has 3 rings (SSSR count). The minimum absolute atomic E-state index is 0.458. The number of fused-ring (bicyclic) bond motifs is 3. The van der Waals surface area contributed by atoms with Crippen LogP contribution in [-0.2, 0) is 12.8 Å². The van der Waals surface area contributed by atoms with Crippen LogP contribution in [0, 0.1) is 11.6 Å². The van der Waals surface area contributed by atoms with Crippen molar-refractivity contribution in [3.63, 3.8) is 0 Å². The van der Waals surface area contributed by atoms with E-state index in [0.29, 0.717) is 12.0 Å². The maximum Gasteiger partial charge on any atom is 0.166 e. The van der Waals surface area contributed by atoms with Gasteiger partial charge in [-0.25, -0.2) is 8.78 Å². The Bertz CT molecular complexity index is 644. The first-order chi connectivity index (χ1) is 9.70. The molecule has 0 aliphatic heterocycles. The molecule has 0 heterocycles. The first-order valence-corrected chi connectivity index (χ1v) is 7.29. The Hall–Kier alpha value is -1.70. The van der Waals surface area contributed by atoms with E-state index in [0.717, 1.165) is 23.1 Å². The first-order valence-electron chi connectivity index (χ1n) is 7.29. The van der Waals surface area contributed by atoms with Crippen LogP contribution in [0.15, 0.2) is 30.3 Å². The zero-order valence-electron chi connectivity index (χ0n) is 11.7. The highest BCUT2D eigenvalue weighted by Gasteiger charge is 2.24. The molecule has 0 N–H and O–H groups in total. The second kappa shape index (κ2) is 5.35. The largest absolute Gasteiger partial charge is 0.204 e. The second-order valence-electron chi connectivity index (χ2n) is 5.52. The standard InChI is InChI=1S/C18H18F2/c1-2-3-4-5-12-6-8-15-14(10-12)11-13-7-9-16(19)18(20)17(13)15/h6-10H,2-5,11H2,1H3. The van der Waals surface area contributed by atoms with Gasteiger partial charge in [0.15, 0.2) is 11.6 Å². The van der Waals surface area contributed by atoms with Crippen molar-refractivity contribution in [1.29, 1.82) is 0 Å². The molecule has 0 spiro atoms. The van der Waals surface area contributed by atoms with E-state index in [-0.39, 0.29) is 0 Å². The van der Waals surface area contributed by atoms with Gasteiger partial charge in [0.2, 0.25) is 0 Å². The molecule has 1 aliphatic carbocycles. The second-order valence-corrected chi connectivity index (χ2v) is 5.52. The van der Waals surface area contributed by atoms with E-state index in [4.69, 9.17) is 0 Å². The van der Waals surface area contributed by atoms with Gasteiger partial charge < -0.3 is 0 Å². The molecule has 0 unspecified atom stereocenters. The number of unbranched alkanes of at least 4 members (excludes halogenated alkanes) is 2. The van der Waals surface area contributed by atoms with Gasteiger partial charge in [0.1, 0.15) is 0 Å². The lowest BCUT2D eigenvalue weighted by Crippen LogP contribution is -1.90. The summed E-state index contributed by atoms with van der Waals surface area (Å²) in [6.07, 6.45) is 5.40. The number of halogens is 2. The predicted molar refractivity (Wildman–Crippen MR) is 77.8 cm³/mol. The highest BCUT2D eigenvalue weighted by Crippen LogP contribution is 2.39. The molecule has 1 aliphatic rings. The number of rotatable bonds is 4. The average molecular weight is 272 g/mol. The molecular weight excluding hydrogens is 254 g/mol. The predicted octanol–water partition coefficient (Wildman–Crippen LogP) is 5.27. The maximum atomic E-state index is 14.0. The summed E-state index contributed by atoms with van der Waals surface area (Å²) >= 11 is 0. The van der Waals surface area contributed by atoms with Crippen molar-refractivity contribution in [3.05, 3.63) is 58.7 Å². The molecule has 0 saturated heterocycles. The minimum atomic E-state index is -0.761. The van der Waals surface area contributed by atoms with Gasteiger partial charge in [-0.05, 0) is 47.6 Å². The normalized spacial score (nSPS) is 12.3. The van der Waals surface area contributed by atoms with Gasteiger partial charge in [-0.3, -0.25) is 0 Å². The molecule has 104 valence electrons. The van der Waals surface area contributed by atoms with Crippen LogP contribution in [-0.4, -0.2) is 0 Å². The van der Waals surface area contributed by atoms with E-state index in [1.807, 2.05) is 12.1 Å². The summed E-state index contributed by atoms with van der Waals surface area (Å²) in [5.41, 5.74) is 4.63. The first kappa shape index (κ1) is 13.3. The number of benzene rings is 2. The zero-order valence-corrected chi connectivity index (χ0v) is 11.7. The van der Waals surface area contributed by atoms with Crippen LogP contribution in [0.3, 0.4) is 0 Å². The Kier molecular flexibility index (Phi) is 3.56. The van der Waals surface area contributed by atoms with E-state index in [1.54, 1.807) is 6.07 Å². The van der Waals surface area contributed by atoms with E-state index in [1.165, 1.54) is 30.9 Å². The Morgan fingerprint density at radius 1 is 1.00 bits per heavy atom. The minimum Gasteiger partial charge on any atom is -0.204 e. The fourth-order valence-corrected chi connectivity index (χ4v) is 3.01. The van der Waals surface area contributed by atoms with Gasteiger partial charge in [0.05, 0.1) is 0 Å². The quantitative estimate of drug-likeness (QED) is 0.568. The van der Waals surface area contributed by atoms with Crippen molar-refractivity contribution in [2.75, 3.05) is 0 Å². The zero-order chi connectivity index (χ0) is 14.1. The summed E-state index contributed by atoms with van der Waals surface area (Å²) < 4.78 is 27.3. The highest BCUT2D eigenvalue weighted by atomic mass is 19.2. The Morgan fingerprint density at radius 2 is 1.85 bits per heavy atom. The van der Waals surface area contributed by atoms with Crippen molar-refractivity contribution in [2.45, 2.75) is 39.0 Å². The van der Waals surface area contributed by atoms with E-state index < -0.39 is 11.6 Å². The van der Waals surface area contributed by atoms with Gasteiger partial charge in [-0.2, -0.15) is 0 Å². The van der Waals surface area contributed by atoms with Crippen LogP contribution in [0.2, 0.25) is 0 Å². The molecular formula is C18H18F2. The van der Waals surface area contributed by atoms with Gasteiger partial charge in [-0.15, -0.1) is 0 Å². The monoisotopic (exact) mass is 272 g/mol. The van der Waals surface area contributed by atoms with Crippen LogP contribution < -0.4 is 0 Å². The fraction of sp³-hybridized carbons (Fsp3) is 0.333. The third-order valence-electron chi connectivity index (χ3n) is 4.07. The van der Waals surface area contributed by atoms with Crippen LogP contribution >= 0.6 is 0 Å². The van der Waals surface area contributed by atoms with Crippen molar-refractivity contribution in [1.82, 2.24) is 0 Å². The molecule has 0 amide bonds. The van der Waals surface area contributed by atoms with Crippen LogP contribution in [0.1, 0.15) is 42.9 Å². The van der Waals surface area contributed by atoms with E-state index in [9.17, 15) is 8.78 Å². The molecule has 20 heavy (non-hydrogen) atoms. The summed E-state index contributed by atoms with van der Waals surface area (Å²) in [6.45, 7) is 2.19. The summed E-state index contributed by atoms with van der Waals surface area (Å²) in [7, 11) is 0. The lowest BCUT2D eigenvalue weighted by atomic mass is 10.00. The summed E-state index contributed by atoms with van der Waals surface area (Å²) in [5.74, 6) is -1.47. The lowest BCUT2D eigenvalue weighted by Gasteiger charge is -2.06. The highest BCUT2D eigenvalue weighted by molar-refractivity contribution is 5.77. The molecule has 0 aromatic heterocycles. The smallest absolute Gasteiger partial charge is 0.166 e. The molecule has 0 atom stereocenters. The third kappa shape index (κ3) is 2.24. The molecule has 0 nitrogen and oxygen atoms in total. The molecule has 0 saturated carbocycles. The molecule has 2 aromatic carbocycles. The van der Waals surface area contributed by atoms with Crippen LogP contribution in [0.25, 0.3) is 11.1 Å². The third-order valence-corrected chi connectivity index (χ3v) is 4.07. The molecule has 2 heteroatoms. The molecule has 2 aromatic rings. The fourth-order valence-electron chi connectivity index (χ4n) is 3.01. The van der Waals surface area contributed by atoms with Gasteiger partial charge in [0, 0.05) is 5.56 Å². The van der Waals surface area contributed by atoms with Crippen molar-refractivity contribution in [3.8, 4) is 11.1 Å². The molecule has 0 radical (unpaired) electrons. The lowest BCUT2D eigenvalue weighted by molar-refractivity contribution is 0.511. The van der Waals surface area contributed by atoms with E-state index >= 15 is 0 Å². The van der Waals surface area contributed by atoms with Crippen LogP contribution in [0.4, 0.5) is 8.78 Å².